The zero-order chi connectivity index (χ0) is 11.9. The van der Waals surface area contributed by atoms with E-state index in [1.165, 1.54) is 0 Å². The maximum atomic E-state index is 5.44. The Bertz CT molecular complexity index is 355. The first-order valence-electron chi connectivity index (χ1n) is 6.07. The molecular formula is C13H19NO3. The predicted molar refractivity (Wildman–Crippen MR) is 65.4 cm³/mol. The molecule has 0 unspecified atom stereocenters. The van der Waals surface area contributed by atoms with Gasteiger partial charge < -0.3 is 19.5 Å². The lowest BCUT2D eigenvalue weighted by Gasteiger charge is -2.07. The van der Waals surface area contributed by atoms with Crippen LogP contribution >= 0.6 is 0 Å². The van der Waals surface area contributed by atoms with Crippen LogP contribution in [0.4, 0.5) is 0 Å². The third-order valence-electron chi connectivity index (χ3n) is 2.64. The Hall–Kier alpha value is -1.26. The van der Waals surface area contributed by atoms with E-state index in [9.17, 15) is 0 Å². The van der Waals surface area contributed by atoms with Gasteiger partial charge in [0.15, 0.2) is 11.5 Å². The second-order valence-electron chi connectivity index (χ2n) is 3.88. The third kappa shape index (κ3) is 3.35. The molecule has 0 aliphatic carbocycles. The smallest absolute Gasteiger partial charge is 0.231 e. The Kier molecular flexibility index (Phi) is 4.64. The summed E-state index contributed by atoms with van der Waals surface area (Å²) in [5.74, 6) is 1.73. The van der Waals surface area contributed by atoms with Crippen molar-refractivity contribution in [3.05, 3.63) is 23.8 Å². The molecule has 0 amide bonds. The highest BCUT2D eigenvalue weighted by Gasteiger charge is 2.16. The fourth-order valence-electron chi connectivity index (χ4n) is 1.80. The summed E-state index contributed by atoms with van der Waals surface area (Å²) in [5, 5.41) is 3.37. The second-order valence-corrected chi connectivity index (χ2v) is 3.88. The van der Waals surface area contributed by atoms with E-state index < -0.39 is 0 Å². The van der Waals surface area contributed by atoms with Crippen LogP contribution in [0, 0.1) is 0 Å². The average molecular weight is 237 g/mol. The molecule has 0 saturated carbocycles. The van der Waals surface area contributed by atoms with E-state index in [1.807, 2.05) is 19.1 Å². The fourth-order valence-corrected chi connectivity index (χ4v) is 1.80. The highest BCUT2D eigenvalue weighted by molar-refractivity contribution is 5.48. The Morgan fingerprint density at radius 2 is 2.29 bits per heavy atom. The van der Waals surface area contributed by atoms with Crippen LogP contribution in [-0.2, 0) is 11.3 Å². The number of ether oxygens (including phenoxy) is 3. The van der Waals surface area contributed by atoms with Crippen molar-refractivity contribution >= 4 is 0 Å². The molecular weight excluding hydrogens is 218 g/mol. The van der Waals surface area contributed by atoms with Crippen LogP contribution < -0.4 is 14.8 Å². The normalized spacial score (nSPS) is 13.0. The number of rotatable bonds is 7. The van der Waals surface area contributed by atoms with Crippen molar-refractivity contribution in [2.24, 2.45) is 0 Å². The topological polar surface area (TPSA) is 39.7 Å². The molecule has 1 N–H and O–H groups in total. The zero-order valence-electron chi connectivity index (χ0n) is 10.2. The molecule has 0 aromatic heterocycles. The van der Waals surface area contributed by atoms with Crippen molar-refractivity contribution in [2.45, 2.75) is 19.9 Å². The standard InChI is InChI=1S/C13H19NO3/c1-2-15-8-4-7-14-9-11-5-3-6-12-13(11)17-10-16-12/h3,5-6,14H,2,4,7-10H2,1H3. The van der Waals surface area contributed by atoms with Gasteiger partial charge in [-0.15, -0.1) is 0 Å². The molecule has 1 aliphatic heterocycles. The van der Waals surface area contributed by atoms with E-state index in [4.69, 9.17) is 14.2 Å². The van der Waals surface area contributed by atoms with Crippen LogP contribution in [0.5, 0.6) is 11.5 Å². The van der Waals surface area contributed by atoms with Gasteiger partial charge in [0.25, 0.3) is 0 Å². The van der Waals surface area contributed by atoms with Crippen molar-refractivity contribution in [3.8, 4) is 11.5 Å². The Labute approximate surface area is 102 Å². The largest absolute Gasteiger partial charge is 0.454 e. The molecule has 1 aromatic carbocycles. The molecule has 0 spiro atoms. The zero-order valence-corrected chi connectivity index (χ0v) is 10.2. The molecule has 94 valence electrons. The summed E-state index contributed by atoms with van der Waals surface area (Å²) in [6.07, 6.45) is 1.03. The molecule has 1 heterocycles. The Morgan fingerprint density at radius 3 is 3.18 bits per heavy atom. The monoisotopic (exact) mass is 237 g/mol. The van der Waals surface area contributed by atoms with Crippen LogP contribution in [0.15, 0.2) is 18.2 Å². The molecule has 17 heavy (non-hydrogen) atoms. The van der Waals surface area contributed by atoms with E-state index in [2.05, 4.69) is 11.4 Å². The number of para-hydroxylation sites is 1. The van der Waals surface area contributed by atoms with Crippen LogP contribution in [0.25, 0.3) is 0 Å². The molecule has 2 rings (SSSR count). The second kappa shape index (κ2) is 6.47. The number of fused-ring (bicyclic) bond motifs is 1. The molecule has 0 fully saturated rings. The van der Waals surface area contributed by atoms with Crippen LogP contribution in [0.3, 0.4) is 0 Å². The Morgan fingerprint density at radius 1 is 1.35 bits per heavy atom. The van der Waals surface area contributed by atoms with Crippen molar-refractivity contribution < 1.29 is 14.2 Å². The molecule has 0 bridgehead atoms. The maximum absolute atomic E-state index is 5.44. The lowest BCUT2D eigenvalue weighted by molar-refractivity contribution is 0.144. The summed E-state index contributed by atoms with van der Waals surface area (Å²) in [6, 6.07) is 5.98. The molecule has 4 heteroatoms. The molecule has 1 aromatic rings. The molecule has 0 atom stereocenters. The first kappa shape index (κ1) is 12.2. The summed E-state index contributed by atoms with van der Waals surface area (Å²) in [6.45, 7) is 5.70. The first-order chi connectivity index (χ1) is 8.42. The molecule has 0 saturated heterocycles. The summed E-state index contributed by atoms with van der Waals surface area (Å²) in [7, 11) is 0. The van der Waals surface area contributed by atoms with Gasteiger partial charge in [-0.05, 0) is 26.0 Å². The van der Waals surface area contributed by atoms with Crippen LogP contribution in [0.1, 0.15) is 18.9 Å². The third-order valence-corrected chi connectivity index (χ3v) is 2.64. The summed E-state index contributed by atoms with van der Waals surface area (Å²) >= 11 is 0. The average Bonchev–Trinajstić information content (AvgIpc) is 2.82. The summed E-state index contributed by atoms with van der Waals surface area (Å²) in [4.78, 5) is 0. The van der Waals surface area contributed by atoms with Gasteiger partial charge in [0.1, 0.15) is 0 Å². The van der Waals surface area contributed by atoms with Crippen molar-refractivity contribution in [3.63, 3.8) is 0 Å². The van der Waals surface area contributed by atoms with E-state index in [-0.39, 0.29) is 0 Å². The van der Waals surface area contributed by atoms with Gasteiger partial charge in [0, 0.05) is 25.3 Å². The lowest BCUT2D eigenvalue weighted by Crippen LogP contribution is -2.16. The number of hydrogen-bond acceptors (Lipinski definition) is 4. The van der Waals surface area contributed by atoms with E-state index >= 15 is 0 Å². The van der Waals surface area contributed by atoms with Gasteiger partial charge in [-0.3, -0.25) is 0 Å². The summed E-state index contributed by atoms with van der Waals surface area (Å²) < 4.78 is 16.0. The van der Waals surface area contributed by atoms with Gasteiger partial charge in [-0.2, -0.15) is 0 Å². The van der Waals surface area contributed by atoms with Gasteiger partial charge >= 0.3 is 0 Å². The lowest BCUT2D eigenvalue weighted by atomic mass is 10.2. The van der Waals surface area contributed by atoms with E-state index in [0.717, 1.165) is 49.8 Å². The number of hydrogen-bond donors (Lipinski definition) is 1. The maximum Gasteiger partial charge on any atom is 0.231 e. The first-order valence-corrected chi connectivity index (χ1v) is 6.07. The van der Waals surface area contributed by atoms with Crippen LogP contribution in [0.2, 0.25) is 0 Å². The fraction of sp³-hybridized carbons (Fsp3) is 0.538. The van der Waals surface area contributed by atoms with Gasteiger partial charge in [-0.25, -0.2) is 0 Å². The predicted octanol–water partition coefficient (Wildman–Crippen LogP) is 1.93. The number of benzene rings is 1. The van der Waals surface area contributed by atoms with E-state index in [0.29, 0.717) is 6.79 Å². The van der Waals surface area contributed by atoms with Crippen molar-refractivity contribution in [1.29, 1.82) is 0 Å². The van der Waals surface area contributed by atoms with Crippen molar-refractivity contribution in [2.75, 3.05) is 26.6 Å². The quantitative estimate of drug-likeness (QED) is 0.736. The van der Waals surface area contributed by atoms with Gasteiger partial charge in [0.05, 0.1) is 0 Å². The molecule has 1 aliphatic rings. The van der Waals surface area contributed by atoms with Crippen molar-refractivity contribution in [1.82, 2.24) is 5.32 Å². The molecule has 4 nitrogen and oxygen atoms in total. The highest BCUT2D eigenvalue weighted by Crippen LogP contribution is 2.35. The minimum absolute atomic E-state index is 0.330. The van der Waals surface area contributed by atoms with Gasteiger partial charge in [0.2, 0.25) is 6.79 Å². The highest BCUT2D eigenvalue weighted by atomic mass is 16.7. The SMILES string of the molecule is CCOCCCNCc1cccc2c1OCO2. The van der Waals surface area contributed by atoms with Crippen LogP contribution in [-0.4, -0.2) is 26.6 Å². The summed E-state index contributed by atoms with van der Waals surface area (Å²) in [5.41, 5.74) is 1.15. The van der Waals surface area contributed by atoms with E-state index in [1.54, 1.807) is 0 Å². The minimum Gasteiger partial charge on any atom is -0.454 e. The van der Waals surface area contributed by atoms with Gasteiger partial charge in [-0.1, -0.05) is 12.1 Å². The Balaban J connectivity index is 1.74. The minimum atomic E-state index is 0.330. The molecule has 0 radical (unpaired) electrons. The number of nitrogens with one attached hydrogen (secondary N) is 1.